The first-order valence-electron chi connectivity index (χ1n) is 7.58. The largest absolute Gasteiger partial charge is 0.440 e. The van der Waals surface area contributed by atoms with Gasteiger partial charge in [0.05, 0.1) is 11.0 Å². The number of nitrogens with one attached hydrogen (secondary N) is 1. The summed E-state index contributed by atoms with van der Waals surface area (Å²) in [6.45, 7) is 3.80. The summed E-state index contributed by atoms with van der Waals surface area (Å²) < 4.78 is 5.56. The summed E-state index contributed by atoms with van der Waals surface area (Å²) in [4.78, 5) is 17.4. The Hall–Kier alpha value is -2.44. The molecule has 0 saturated heterocycles. The molecule has 0 aliphatic rings. The first kappa shape index (κ1) is 16.4. The maximum atomic E-state index is 12.3. The molecule has 0 spiro atoms. The predicted octanol–water partition coefficient (Wildman–Crippen LogP) is 3.48. The van der Waals surface area contributed by atoms with Gasteiger partial charge in [-0.25, -0.2) is 4.98 Å². The van der Waals surface area contributed by atoms with E-state index >= 15 is 0 Å². The molecule has 1 atom stereocenters. The van der Waals surface area contributed by atoms with Gasteiger partial charge in [-0.3, -0.25) is 4.79 Å². The number of thiophene rings is 1. The van der Waals surface area contributed by atoms with Crippen molar-refractivity contribution in [3.63, 3.8) is 0 Å². The van der Waals surface area contributed by atoms with Crippen molar-refractivity contribution in [2.75, 3.05) is 6.54 Å². The van der Waals surface area contributed by atoms with Gasteiger partial charge in [0.25, 0.3) is 5.91 Å². The Bertz CT molecular complexity index is 823. The van der Waals surface area contributed by atoms with E-state index in [0.717, 1.165) is 16.0 Å². The standard InChI is InChI=1S/C18H18N2O3S/c1-11-5-7-13(8-6-11)14(21)10-19-17(22)16-12(2)23-18(20-16)15-4-3-9-24-15/h3-9,14,21H,10H2,1-2H3,(H,19,22). The molecule has 124 valence electrons. The number of oxazole rings is 1. The van der Waals surface area contributed by atoms with E-state index in [2.05, 4.69) is 10.3 Å². The Kier molecular flexibility index (Phi) is 4.78. The summed E-state index contributed by atoms with van der Waals surface area (Å²) >= 11 is 1.50. The Morgan fingerprint density at radius 2 is 2.04 bits per heavy atom. The average molecular weight is 342 g/mol. The lowest BCUT2D eigenvalue weighted by Crippen LogP contribution is -2.29. The summed E-state index contributed by atoms with van der Waals surface area (Å²) in [6.07, 6.45) is -0.765. The fraction of sp³-hybridized carbons (Fsp3) is 0.222. The van der Waals surface area contributed by atoms with E-state index < -0.39 is 6.10 Å². The molecule has 24 heavy (non-hydrogen) atoms. The molecule has 2 aromatic heterocycles. The van der Waals surface area contributed by atoms with Crippen LogP contribution in [0.3, 0.4) is 0 Å². The van der Waals surface area contributed by atoms with Crippen LogP contribution < -0.4 is 5.32 Å². The summed E-state index contributed by atoms with van der Waals surface area (Å²) in [5, 5.41) is 14.8. The molecule has 5 nitrogen and oxygen atoms in total. The van der Waals surface area contributed by atoms with Gasteiger partial charge in [-0.2, -0.15) is 0 Å². The molecular weight excluding hydrogens is 324 g/mol. The van der Waals surface area contributed by atoms with Crippen molar-refractivity contribution in [3.05, 3.63) is 64.4 Å². The molecule has 0 bridgehead atoms. The molecule has 2 heterocycles. The van der Waals surface area contributed by atoms with E-state index in [0.29, 0.717) is 11.7 Å². The Morgan fingerprint density at radius 3 is 2.71 bits per heavy atom. The second-order valence-corrected chi connectivity index (χ2v) is 6.49. The number of carbonyl (C=O) groups is 1. The molecular formula is C18H18N2O3S. The van der Waals surface area contributed by atoms with Gasteiger partial charge in [0, 0.05) is 6.54 Å². The maximum absolute atomic E-state index is 12.3. The third-order valence-electron chi connectivity index (χ3n) is 3.66. The van der Waals surface area contributed by atoms with Crippen LogP contribution in [0.4, 0.5) is 0 Å². The Labute approximate surface area is 144 Å². The number of nitrogens with zero attached hydrogens (tertiary/aromatic N) is 1. The van der Waals surface area contributed by atoms with Crippen LogP contribution in [-0.2, 0) is 0 Å². The molecule has 3 aromatic rings. The fourth-order valence-corrected chi connectivity index (χ4v) is 2.94. The molecule has 0 aliphatic carbocycles. The summed E-state index contributed by atoms with van der Waals surface area (Å²) in [6, 6.07) is 11.3. The zero-order valence-corrected chi connectivity index (χ0v) is 14.3. The van der Waals surface area contributed by atoms with Crippen molar-refractivity contribution in [3.8, 4) is 10.8 Å². The molecule has 3 rings (SSSR count). The quantitative estimate of drug-likeness (QED) is 0.744. The number of aliphatic hydroxyl groups excluding tert-OH is 1. The minimum absolute atomic E-state index is 0.114. The Morgan fingerprint density at radius 1 is 1.29 bits per heavy atom. The molecule has 0 fully saturated rings. The average Bonchev–Trinajstić information content (AvgIpc) is 3.22. The second-order valence-electron chi connectivity index (χ2n) is 5.54. The lowest BCUT2D eigenvalue weighted by atomic mass is 10.1. The van der Waals surface area contributed by atoms with Crippen LogP contribution in [0.25, 0.3) is 10.8 Å². The summed E-state index contributed by atoms with van der Waals surface area (Å²) in [5.74, 6) is 0.540. The van der Waals surface area contributed by atoms with E-state index in [4.69, 9.17) is 4.42 Å². The minimum Gasteiger partial charge on any atom is -0.440 e. The predicted molar refractivity (Wildman–Crippen MR) is 93.0 cm³/mol. The van der Waals surface area contributed by atoms with Crippen LogP contribution in [0.2, 0.25) is 0 Å². The molecule has 0 saturated carbocycles. The highest BCUT2D eigenvalue weighted by atomic mass is 32.1. The smallest absolute Gasteiger partial charge is 0.273 e. The molecule has 0 radical (unpaired) electrons. The van der Waals surface area contributed by atoms with Crippen molar-refractivity contribution >= 4 is 17.2 Å². The highest BCUT2D eigenvalue weighted by molar-refractivity contribution is 7.13. The van der Waals surface area contributed by atoms with E-state index in [-0.39, 0.29) is 18.1 Å². The van der Waals surface area contributed by atoms with Crippen molar-refractivity contribution < 1.29 is 14.3 Å². The van der Waals surface area contributed by atoms with Gasteiger partial charge in [0.15, 0.2) is 5.69 Å². The number of carbonyl (C=O) groups excluding carboxylic acids is 1. The van der Waals surface area contributed by atoms with Gasteiger partial charge in [-0.1, -0.05) is 35.9 Å². The number of hydrogen-bond donors (Lipinski definition) is 2. The van der Waals surface area contributed by atoms with Crippen molar-refractivity contribution in [1.29, 1.82) is 0 Å². The first-order valence-corrected chi connectivity index (χ1v) is 8.46. The number of aryl methyl sites for hydroxylation is 2. The van der Waals surface area contributed by atoms with E-state index in [1.807, 2.05) is 48.7 Å². The molecule has 1 unspecified atom stereocenters. The van der Waals surface area contributed by atoms with Gasteiger partial charge >= 0.3 is 0 Å². The van der Waals surface area contributed by atoms with E-state index in [1.54, 1.807) is 6.92 Å². The topological polar surface area (TPSA) is 75.4 Å². The van der Waals surface area contributed by atoms with Crippen molar-refractivity contribution in [1.82, 2.24) is 10.3 Å². The van der Waals surface area contributed by atoms with E-state index in [9.17, 15) is 9.90 Å². The third-order valence-corrected chi connectivity index (χ3v) is 4.52. The van der Waals surface area contributed by atoms with Gasteiger partial charge < -0.3 is 14.8 Å². The van der Waals surface area contributed by atoms with Gasteiger partial charge in [0.1, 0.15) is 5.76 Å². The summed E-state index contributed by atoms with van der Waals surface area (Å²) in [5.41, 5.74) is 2.13. The summed E-state index contributed by atoms with van der Waals surface area (Å²) in [7, 11) is 0. The third kappa shape index (κ3) is 3.55. The highest BCUT2D eigenvalue weighted by Gasteiger charge is 2.19. The van der Waals surface area contributed by atoms with Gasteiger partial charge in [-0.15, -0.1) is 11.3 Å². The lowest BCUT2D eigenvalue weighted by Gasteiger charge is -2.12. The van der Waals surface area contributed by atoms with Crippen LogP contribution in [0.15, 0.2) is 46.2 Å². The van der Waals surface area contributed by atoms with Crippen LogP contribution in [0.5, 0.6) is 0 Å². The molecule has 1 aromatic carbocycles. The number of amides is 1. The Balaban J connectivity index is 1.66. The second kappa shape index (κ2) is 6.98. The van der Waals surface area contributed by atoms with Gasteiger partial charge in [0.2, 0.25) is 5.89 Å². The molecule has 6 heteroatoms. The molecule has 2 N–H and O–H groups in total. The monoisotopic (exact) mass is 342 g/mol. The van der Waals surface area contributed by atoms with Crippen molar-refractivity contribution in [2.24, 2.45) is 0 Å². The number of aliphatic hydroxyl groups is 1. The number of hydrogen-bond acceptors (Lipinski definition) is 5. The minimum atomic E-state index is -0.765. The van der Waals surface area contributed by atoms with E-state index in [1.165, 1.54) is 11.3 Å². The van der Waals surface area contributed by atoms with Crippen LogP contribution >= 0.6 is 11.3 Å². The zero-order valence-electron chi connectivity index (χ0n) is 13.4. The SMILES string of the molecule is Cc1ccc(C(O)CNC(=O)c2nc(-c3cccs3)oc2C)cc1. The zero-order chi connectivity index (χ0) is 17.1. The molecule has 1 amide bonds. The van der Waals surface area contributed by atoms with Crippen LogP contribution in [0.1, 0.15) is 33.5 Å². The van der Waals surface area contributed by atoms with Gasteiger partial charge in [-0.05, 0) is 30.9 Å². The normalized spacial score (nSPS) is 12.1. The lowest BCUT2D eigenvalue weighted by molar-refractivity contribution is 0.0910. The number of aromatic nitrogens is 1. The number of benzene rings is 1. The van der Waals surface area contributed by atoms with Crippen LogP contribution in [-0.4, -0.2) is 22.5 Å². The highest BCUT2D eigenvalue weighted by Crippen LogP contribution is 2.25. The first-order chi connectivity index (χ1) is 11.5. The number of rotatable bonds is 5. The maximum Gasteiger partial charge on any atom is 0.273 e. The van der Waals surface area contributed by atoms with Crippen LogP contribution in [0, 0.1) is 13.8 Å². The molecule has 0 aliphatic heterocycles. The van der Waals surface area contributed by atoms with Crippen molar-refractivity contribution in [2.45, 2.75) is 20.0 Å². The fourth-order valence-electron chi connectivity index (χ4n) is 2.29.